The van der Waals surface area contributed by atoms with Crippen LogP contribution in [-0.4, -0.2) is 17.9 Å². The van der Waals surface area contributed by atoms with E-state index in [1.165, 1.54) is 10.6 Å². The largest absolute Gasteiger partial charge is 0.455 e. The van der Waals surface area contributed by atoms with Gasteiger partial charge in [0, 0.05) is 31.0 Å². The highest BCUT2D eigenvalue weighted by atomic mass is 32.2. The fourth-order valence-electron chi connectivity index (χ4n) is 4.30. The first-order valence-electron chi connectivity index (χ1n) is 10.6. The molecule has 0 fully saturated rings. The number of carbonyl (C=O) groups is 1. The molecule has 6 heteroatoms. The van der Waals surface area contributed by atoms with Gasteiger partial charge in [0.1, 0.15) is 11.1 Å². The summed E-state index contributed by atoms with van der Waals surface area (Å²) < 4.78 is 5.91. The fourth-order valence-corrected chi connectivity index (χ4v) is 5.55. The number of hydrogen-bond acceptors (Lipinski definition) is 5. The van der Waals surface area contributed by atoms with Gasteiger partial charge in [-0.15, -0.1) is 0 Å². The number of aromatic nitrogens is 1. The third-order valence-corrected chi connectivity index (χ3v) is 7.32. The molecule has 3 aromatic rings. The third-order valence-electron chi connectivity index (χ3n) is 5.94. The normalized spacial score (nSPS) is 22.4. The summed E-state index contributed by atoms with van der Waals surface area (Å²) in [4.78, 5) is 20.4. The summed E-state index contributed by atoms with van der Waals surface area (Å²) in [7, 11) is 2.08. The van der Waals surface area contributed by atoms with Gasteiger partial charge in [-0.25, -0.2) is 0 Å². The van der Waals surface area contributed by atoms with E-state index in [1.807, 2.05) is 42.7 Å². The third kappa shape index (κ3) is 4.00. The molecule has 3 unspecified atom stereocenters. The molecule has 0 spiro atoms. The molecule has 2 aliphatic rings. The van der Waals surface area contributed by atoms with Gasteiger partial charge in [-0.2, -0.15) is 0 Å². The SMILES string of the molecule is CC1CC=CC(c2ccc(C(=O)Nc3cccc(C4Sc5cnccc5N4C)c3)o2)C1. The van der Waals surface area contributed by atoms with Crippen molar-refractivity contribution < 1.29 is 9.21 Å². The van der Waals surface area contributed by atoms with Crippen molar-refractivity contribution in [1.29, 1.82) is 0 Å². The molecule has 1 aliphatic heterocycles. The molecule has 1 amide bonds. The minimum Gasteiger partial charge on any atom is -0.455 e. The van der Waals surface area contributed by atoms with Crippen molar-refractivity contribution in [2.45, 2.75) is 36.0 Å². The monoisotopic (exact) mass is 431 g/mol. The number of hydrogen-bond donors (Lipinski definition) is 1. The summed E-state index contributed by atoms with van der Waals surface area (Å²) in [5.41, 5.74) is 3.06. The predicted octanol–water partition coefficient (Wildman–Crippen LogP) is 6.24. The van der Waals surface area contributed by atoms with Crippen molar-refractivity contribution in [1.82, 2.24) is 4.98 Å². The lowest BCUT2D eigenvalue weighted by Crippen LogP contribution is -2.17. The Morgan fingerprint density at radius 3 is 3.00 bits per heavy atom. The van der Waals surface area contributed by atoms with E-state index in [1.54, 1.807) is 17.8 Å². The van der Waals surface area contributed by atoms with Crippen LogP contribution in [0.1, 0.15) is 52.9 Å². The quantitative estimate of drug-likeness (QED) is 0.496. The number of anilines is 2. The van der Waals surface area contributed by atoms with Gasteiger partial charge >= 0.3 is 0 Å². The number of nitrogens with zero attached hydrogens (tertiary/aromatic N) is 2. The van der Waals surface area contributed by atoms with Crippen LogP contribution in [0, 0.1) is 5.92 Å². The van der Waals surface area contributed by atoms with E-state index in [0.29, 0.717) is 11.7 Å². The maximum absolute atomic E-state index is 12.8. The maximum Gasteiger partial charge on any atom is 0.291 e. The molecule has 0 bridgehead atoms. The number of benzene rings is 1. The van der Waals surface area contributed by atoms with Crippen LogP contribution in [-0.2, 0) is 0 Å². The highest BCUT2D eigenvalue weighted by molar-refractivity contribution is 8.00. The summed E-state index contributed by atoms with van der Waals surface area (Å²) in [5.74, 6) is 1.86. The van der Waals surface area contributed by atoms with Crippen LogP contribution >= 0.6 is 11.8 Å². The maximum atomic E-state index is 12.8. The standard InChI is InChI=1S/C25H25N3O2S/c1-16-5-3-6-17(13-16)21-9-10-22(30-21)24(29)27-19-8-4-7-18(14-19)25-28(2)20-11-12-26-15-23(20)31-25/h3-4,6-12,14-17,25H,5,13H2,1-2H3,(H,27,29). The summed E-state index contributed by atoms with van der Waals surface area (Å²) in [5, 5.41) is 3.14. The van der Waals surface area contributed by atoms with E-state index in [-0.39, 0.29) is 17.2 Å². The zero-order valence-electron chi connectivity index (χ0n) is 17.6. The number of pyridine rings is 1. The van der Waals surface area contributed by atoms with Gasteiger partial charge in [-0.3, -0.25) is 9.78 Å². The van der Waals surface area contributed by atoms with E-state index in [4.69, 9.17) is 4.42 Å². The average molecular weight is 432 g/mol. The van der Waals surface area contributed by atoms with Gasteiger partial charge in [0.15, 0.2) is 5.76 Å². The van der Waals surface area contributed by atoms with E-state index < -0.39 is 0 Å². The Morgan fingerprint density at radius 2 is 2.16 bits per heavy atom. The Hall–Kier alpha value is -2.99. The van der Waals surface area contributed by atoms with Crippen LogP contribution in [0.4, 0.5) is 11.4 Å². The van der Waals surface area contributed by atoms with Crippen molar-refractivity contribution in [2.24, 2.45) is 5.92 Å². The number of furan rings is 1. The highest BCUT2D eigenvalue weighted by Gasteiger charge is 2.29. The van der Waals surface area contributed by atoms with Crippen LogP contribution in [0.15, 0.2) is 76.3 Å². The summed E-state index contributed by atoms with van der Waals surface area (Å²) >= 11 is 1.77. The molecule has 0 radical (unpaired) electrons. The van der Waals surface area contributed by atoms with E-state index in [2.05, 4.69) is 47.4 Å². The van der Waals surface area contributed by atoms with Crippen molar-refractivity contribution in [2.75, 3.05) is 17.3 Å². The van der Waals surface area contributed by atoms with Crippen LogP contribution in [0.3, 0.4) is 0 Å². The lowest BCUT2D eigenvalue weighted by Gasteiger charge is -2.22. The van der Waals surface area contributed by atoms with Crippen molar-refractivity contribution in [3.05, 3.63) is 84.1 Å². The molecule has 5 rings (SSSR count). The first-order valence-corrected chi connectivity index (χ1v) is 11.5. The Bertz CT molecular complexity index is 1140. The zero-order chi connectivity index (χ0) is 21.4. The number of carbonyl (C=O) groups excluding carboxylic acids is 1. The van der Waals surface area contributed by atoms with Crippen molar-refractivity contribution in [3.8, 4) is 0 Å². The molecular weight excluding hydrogens is 406 g/mol. The first kappa shape index (κ1) is 19.9. The first-order chi connectivity index (χ1) is 15.1. The Morgan fingerprint density at radius 1 is 1.26 bits per heavy atom. The smallest absolute Gasteiger partial charge is 0.291 e. The number of nitrogens with one attached hydrogen (secondary N) is 1. The molecule has 5 nitrogen and oxygen atoms in total. The lowest BCUT2D eigenvalue weighted by atomic mass is 9.86. The van der Waals surface area contributed by atoms with Gasteiger partial charge in [-0.05, 0) is 54.7 Å². The minimum absolute atomic E-state index is 0.145. The summed E-state index contributed by atoms with van der Waals surface area (Å²) in [6.07, 6.45) is 10.3. The van der Waals surface area contributed by atoms with Crippen LogP contribution < -0.4 is 10.2 Å². The van der Waals surface area contributed by atoms with Gasteiger partial charge in [-0.1, -0.05) is 43.0 Å². The Labute approximate surface area is 186 Å². The Kier molecular flexibility index (Phi) is 5.32. The lowest BCUT2D eigenvalue weighted by molar-refractivity contribution is 0.0994. The number of thioether (sulfide) groups is 1. The molecule has 1 aliphatic carbocycles. The molecule has 31 heavy (non-hydrogen) atoms. The number of fused-ring (bicyclic) bond motifs is 1. The molecule has 1 N–H and O–H groups in total. The zero-order valence-corrected chi connectivity index (χ0v) is 18.4. The molecule has 1 aromatic carbocycles. The topological polar surface area (TPSA) is 58.4 Å². The predicted molar refractivity (Wildman–Crippen MR) is 125 cm³/mol. The van der Waals surface area contributed by atoms with E-state index in [0.717, 1.165) is 29.9 Å². The molecule has 3 heterocycles. The van der Waals surface area contributed by atoms with Crippen molar-refractivity contribution in [3.63, 3.8) is 0 Å². The second-order valence-electron chi connectivity index (χ2n) is 8.32. The molecule has 0 saturated carbocycles. The molecule has 3 atom stereocenters. The minimum atomic E-state index is -0.226. The van der Waals surface area contributed by atoms with Crippen LogP contribution in [0.25, 0.3) is 0 Å². The number of rotatable bonds is 4. The average Bonchev–Trinajstić information content (AvgIpc) is 3.40. The second-order valence-corrected chi connectivity index (χ2v) is 9.44. The molecular formula is C25H25N3O2S. The number of amides is 1. The Balaban J connectivity index is 1.30. The van der Waals surface area contributed by atoms with Crippen LogP contribution in [0.5, 0.6) is 0 Å². The van der Waals surface area contributed by atoms with E-state index >= 15 is 0 Å². The fraction of sp³-hybridized carbons (Fsp3) is 0.280. The van der Waals surface area contributed by atoms with Gasteiger partial charge in [0.2, 0.25) is 0 Å². The van der Waals surface area contributed by atoms with E-state index in [9.17, 15) is 4.79 Å². The highest BCUT2D eigenvalue weighted by Crippen LogP contribution is 2.50. The number of allylic oxidation sites excluding steroid dienone is 2. The summed E-state index contributed by atoms with van der Waals surface area (Å²) in [6, 6.07) is 13.7. The van der Waals surface area contributed by atoms with Crippen LogP contribution in [0.2, 0.25) is 0 Å². The molecule has 2 aromatic heterocycles. The van der Waals surface area contributed by atoms with Gasteiger partial charge < -0.3 is 14.6 Å². The van der Waals surface area contributed by atoms with Gasteiger partial charge in [0.05, 0.1) is 10.6 Å². The second kappa shape index (κ2) is 8.27. The summed E-state index contributed by atoms with van der Waals surface area (Å²) in [6.45, 7) is 2.25. The van der Waals surface area contributed by atoms with Gasteiger partial charge in [0.25, 0.3) is 5.91 Å². The molecule has 0 saturated heterocycles. The molecule has 158 valence electrons. The van der Waals surface area contributed by atoms with Crippen molar-refractivity contribution >= 4 is 29.0 Å².